The molecule has 0 unspecified atom stereocenters. The van der Waals surface area contributed by atoms with E-state index in [0.29, 0.717) is 19.8 Å². The van der Waals surface area contributed by atoms with Gasteiger partial charge in [-0.3, -0.25) is 4.90 Å². The molecular weight excluding hydrogens is 442 g/mol. The molecule has 1 saturated heterocycles. The van der Waals surface area contributed by atoms with Gasteiger partial charge in [0.25, 0.3) is 0 Å². The highest BCUT2D eigenvalue weighted by Gasteiger charge is 2.15. The average Bonchev–Trinajstić information content (AvgIpc) is 2.90. The van der Waals surface area contributed by atoms with E-state index in [1.165, 1.54) is 0 Å². The zero-order chi connectivity index (χ0) is 23.7. The van der Waals surface area contributed by atoms with E-state index in [0.717, 1.165) is 97.9 Å². The molecule has 3 heterocycles. The SMILES string of the molecule is C1=C/CCOc2cccc(c2)-c2ncnc3cc(OCCCN4CCOCC4)c(cc23)OCCC/1. The van der Waals surface area contributed by atoms with E-state index in [4.69, 9.17) is 18.9 Å². The van der Waals surface area contributed by atoms with Crippen molar-refractivity contribution >= 4 is 10.9 Å². The van der Waals surface area contributed by atoms with Crippen LogP contribution < -0.4 is 14.2 Å². The predicted molar refractivity (Wildman–Crippen MR) is 136 cm³/mol. The number of rotatable bonds is 5. The van der Waals surface area contributed by atoms with E-state index < -0.39 is 0 Å². The van der Waals surface area contributed by atoms with Crippen LogP contribution in [0.5, 0.6) is 17.2 Å². The van der Waals surface area contributed by atoms with Gasteiger partial charge in [0, 0.05) is 36.7 Å². The van der Waals surface area contributed by atoms with E-state index in [-0.39, 0.29) is 0 Å². The third-order valence-electron chi connectivity index (χ3n) is 6.28. The maximum atomic E-state index is 6.23. The molecule has 1 aromatic heterocycles. The van der Waals surface area contributed by atoms with Crippen LogP contribution in [0.15, 0.2) is 54.9 Å². The van der Waals surface area contributed by atoms with Gasteiger partial charge in [-0.15, -0.1) is 0 Å². The van der Waals surface area contributed by atoms with Gasteiger partial charge in [-0.25, -0.2) is 9.97 Å². The lowest BCUT2D eigenvalue weighted by molar-refractivity contribution is 0.0357. The van der Waals surface area contributed by atoms with Crippen LogP contribution in [0.3, 0.4) is 0 Å². The first-order valence-electron chi connectivity index (χ1n) is 12.6. The van der Waals surface area contributed by atoms with E-state index in [1.807, 2.05) is 36.4 Å². The molecule has 0 saturated carbocycles. The minimum absolute atomic E-state index is 0.620. The number of benzene rings is 2. The molecule has 0 atom stereocenters. The zero-order valence-electron chi connectivity index (χ0n) is 20.2. The Bertz CT molecular complexity index is 1140. The van der Waals surface area contributed by atoms with E-state index in [1.54, 1.807) is 6.33 Å². The largest absolute Gasteiger partial charge is 0.493 e. The summed E-state index contributed by atoms with van der Waals surface area (Å²) in [6.07, 6.45) is 9.71. The normalized spacial score (nSPS) is 18.1. The zero-order valence-corrected chi connectivity index (χ0v) is 20.2. The number of allylic oxidation sites excluding steroid dienone is 1. The molecule has 0 N–H and O–H groups in total. The minimum atomic E-state index is 0.620. The fraction of sp³-hybridized carbons (Fsp3) is 0.429. The van der Waals surface area contributed by atoms with Crippen molar-refractivity contribution in [3.8, 4) is 28.5 Å². The van der Waals surface area contributed by atoms with Crippen molar-refractivity contribution in [3.05, 3.63) is 54.9 Å². The molecule has 4 bridgehead atoms. The number of hydrogen-bond acceptors (Lipinski definition) is 7. The van der Waals surface area contributed by atoms with Crippen molar-refractivity contribution < 1.29 is 18.9 Å². The van der Waals surface area contributed by atoms with Gasteiger partial charge in [0.2, 0.25) is 0 Å². The first-order chi connectivity index (χ1) is 17.4. The highest BCUT2D eigenvalue weighted by atomic mass is 16.5. The molecule has 0 spiro atoms. The number of fused-ring (bicyclic) bond motifs is 4. The van der Waals surface area contributed by atoms with E-state index in [2.05, 4.69) is 27.0 Å². The molecule has 7 heteroatoms. The van der Waals surface area contributed by atoms with Crippen LogP contribution in [-0.4, -0.2) is 67.5 Å². The second kappa shape index (κ2) is 12.0. The van der Waals surface area contributed by atoms with Crippen molar-refractivity contribution in [2.75, 3.05) is 52.7 Å². The van der Waals surface area contributed by atoms with Gasteiger partial charge in [0.1, 0.15) is 12.1 Å². The van der Waals surface area contributed by atoms with Crippen molar-refractivity contribution in [1.29, 1.82) is 0 Å². The lowest BCUT2D eigenvalue weighted by Crippen LogP contribution is -2.37. The summed E-state index contributed by atoms with van der Waals surface area (Å²) < 4.78 is 23.9. The lowest BCUT2D eigenvalue weighted by Gasteiger charge is -2.26. The second-order valence-corrected chi connectivity index (χ2v) is 8.82. The van der Waals surface area contributed by atoms with Crippen LogP contribution in [0, 0.1) is 0 Å². The summed E-state index contributed by atoms with van der Waals surface area (Å²) in [7, 11) is 0. The topological polar surface area (TPSA) is 65.9 Å². The maximum absolute atomic E-state index is 6.23. The third-order valence-corrected chi connectivity index (χ3v) is 6.28. The van der Waals surface area contributed by atoms with Gasteiger partial charge in [-0.1, -0.05) is 24.3 Å². The summed E-state index contributed by atoms with van der Waals surface area (Å²) in [6, 6.07) is 12.1. The Morgan fingerprint density at radius 2 is 1.83 bits per heavy atom. The molecule has 5 rings (SSSR count). The standard InChI is InChI=1S/C28H33N3O4/c1-2-4-13-33-23-9-6-8-22(18-23)28-24-19-26(34-14-5-3-1)27(20-25(24)29-21-30-28)35-15-7-10-31-11-16-32-17-12-31/h1-2,6,8-9,18-21H,3-5,7,10-17H2/b2-1+. The molecule has 35 heavy (non-hydrogen) atoms. The molecule has 7 nitrogen and oxygen atoms in total. The average molecular weight is 476 g/mol. The molecule has 184 valence electrons. The van der Waals surface area contributed by atoms with Crippen LogP contribution in [-0.2, 0) is 4.74 Å². The van der Waals surface area contributed by atoms with E-state index in [9.17, 15) is 0 Å². The molecule has 2 aliphatic heterocycles. The smallest absolute Gasteiger partial charge is 0.163 e. The molecule has 2 aromatic carbocycles. The Labute approximate surface area is 206 Å². The van der Waals surface area contributed by atoms with Crippen LogP contribution in [0.1, 0.15) is 25.7 Å². The van der Waals surface area contributed by atoms with Gasteiger partial charge in [0.05, 0.1) is 44.2 Å². The molecule has 2 aliphatic rings. The maximum Gasteiger partial charge on any atom is 0.163 e. The predicted octanol–water partition coefficient (Wildman–Crippen LogP) is 4.90. The summed E-state index contributed by atoms with van der Waals surface area (Å²) in [5, 5.41) is 0.937. The van der Waals surface area contributed by atoms with Gasteiger partial charge in [-0.2, -0.15) is 0 Å². The molecular formula is C28H33N3O4. The fourth-order valence-electron chi connectivity index (χ4n) is 4.41. The first-order valence-corrected chi connectivity index (χ1v) is 12.6. The van der Waals surface area contributed by atoms with Crippen molar-refractivity contribution in [2.45, 2.75) is 25.7 Å². The number of nitrogens with zero attached hydrogens (tertiary/aromatic N) is 3. The molecule has 0 amide bonds. The van der Waals surface area contributed by atoms with E-state index >= 15 is 0 Å². The quantitative estimate of drug-likeness (QED) is 0.384. The molecule has 1 fully saturated rings. The van der Waals surface area contributed by atoms with Crippen molar-refractivity contribution in [2.24, 2.45) is 0 Å². The first kappa shape index (κ1) is 23.6. The van der Waals surface area contributed by atoms with Crippen LogP contribution >= 0.6 is 0 Å². The Morgan fingerprint density at radius 1 is 0.914 bits per heavy atom. The monoisotopic (exact) mass is 475 g/mol. The third kappa shape index (κ3) is 6.29. The number of morpholine rings is 1. The minimum Gasteiger partial charge on any atom is -0.493 e. The summed E-state index contributed by atoms with van der Waals surface area (Å²) >= 11 is 0. The van der Waals surface area contributed by atoms with Crippen LogP contribution in [0.2, 0.25) is 0 Å². The summed E-state index contributed by atoms with van der Waals surface area (Å²) in [4.78, 5) is 11.6. The van der Waals surface area contributed by atoms with Gasteiger partial charge < -0.3 is 18.9 Å². The molecule has 0 radical (unpaired) electrons. The van der Waals surface area contributed by atoms with Crippen LogP contribution in [0.4, 0.5) is 0 Å². The van der Waals surface area contributed by atoms with Gasteiger partial charge >= 0.3 is 0 Å². The molecule has 3 aromatic rings. The highest BCUT2D eigenvalue weighted by molar-refractivity contribution is 5.94. The Hall–Kier alpha value is -3.16. The van der Waals surface area contributed by atoms with Crippen molar-refractivity contribution in [1.82, 2.24) is 14.9 Å². The Balaban J connectivity index is 1.41. The number of ether oxygens (including phenoxy) is 4. The second-order valence-electron chi connectivity index (χ2n) is 8.82. The van der Waals surface area contributed by atoms with Gasteiger partial charge in [0.15, 0.2) is 11.5 Å². The van der Waals surface area contributed by atoms with Crippen LogP contribution in [0.25, 0.3) is 22.2 Å². The number of hydrogen-bond donors (Lipinski definition) is 0. The Morgan fingerprint density at radius 3 is 2.77 bits per heavy atom. The summed E-state index contributed by atoms with van der Waals surface area (Å²) in [5.41, 5.74) is 2.68. The molecule has 0 aliphatic carbocycles. The Kier molecular flexibility index (Phi) is 8.08. The van der Waals surface area contributed by atoms with Gasteiger partial charge in [-0.05, 0) is 43.9 Å². The highest BCUT2D eigenvalue weighted by Crippen LogP contribution is 2.36. The number of aromatic nitrogens is 2. The fourth-order valence-corrected chi connectivity index (χ4v) is 4.41. The summed E-state index contributed by atoms with van der Waals surface area (Å²) in [6.45, 7) is 6.51. The summed E-state index contributed by atoms with van der Waals surface area (Å²) in [5.74, 6) is 2.31. The lowest BCUT2D eigenvalue weighted by atomic mass is 10.1. The van der Waals surface area contributed by atoms with Crippen molar-refractivity contribution in [3.63, 3.8) is 0 Å².